The maximum Gasteiger partial charge on any atom is 0.272 e. The summed E-state index contributed by atoms with van der Waals surface area (Å²) in [5, 5.41) is 12.9. The monoisotopic (exact) mass is 343 g/mol. The maximum atomic E-state index is 12.6. The molecule has 8 nitrogen and oxygen atoms in total. The summed E-state index contributed by atoms with van der Waals surface area (Å²) in [6.07, 6.45) is 1.54. The van der Waals surface area contributed by atoms with Crippen molar-refractivity contribution in [3.05, 3.63) is 40.3 Å². The van der Waals surface area contributed by atoms with Gasteiger partial charge in [0.1, 0.15) is 0 Å². The Kier molecular flexibility index (Phi) is 5.08. The van der Waals surface area contributed by atoms with E-state index in [4.69, 9.17) is 0 Å². The molecule has 0 saturated carbocycles. The Morgan fingerprint density at radius 2 is 1.92 bits per heavy atom. The highest BCUT2D eigenvalue weighted by molar-refractivity contribution is 6.04. The third-order valence-corrected chi connectivity index (χ3v) is 4.48. The molecule has 2 amide bonds. The lowest BCUT2D eigenvalue weighted by molar-refractivity contribution is -0.122. The number of carbonyl (C=O) groups excluding carboxylic acids is 2. The molecule has 0 radical (unpaired) electrons. The van der Waals surface area contributed by atoms with Crippen LogP contribution in [-0.2, 0) is 4.79 Å². The number of piperidine rings is 1. The topological polar surface area (TPSA) is 107 Å². The van der Waals surface area contributed by atoms with Crippen LogP contribution in [0.25, 0.3) is 10.8 Å². The number of aromatic amines is 1. The molecule has 25 heavy (non-hydrogen) atoms. The van der Waals surface area contributed by atoms with Gasteiger partial charge in [-0.05, 0) is 18.9 Å². The highest BCUT2D eigenvalue weighted by Crippen LogP contribution is 2.14. The Balaban J connectivity index is 1.65. The number of hydrogen-bond acceptors (Lipinski definition) is 5. The first-order valence-electron chi connectivity index (χ1n) is 8.29. The van der Waals surface area contributed by atoms with E-state index in [-0.39, 0.29) is 29.1 Å². The van der Waals surface area contributed by atoms with Crippen LogP contribution >= 0.6 is 0 Å². The van der Waals surface area contributed by atoms with Crippen LogP contribution in [0.3, 0.4) is 0 Å². The van der Waals surface area contributed by atoms with Crippen molar-refractivity contribution in [2.24, 2.45) is 0 Å². The van der Waals surface area contributed by atoms with Gasteiger partial charge in [-0.1, -0.05) is 18.2 Å². The molecule has 1 aromatic carbocycles. The number of hydrogen-bond donors (Lipinski definition) is 3. The zero-order chi connectivity index (χ0) is 17.8. The lowest BCUT2D eigenvalue weighted by Crippen LogP contribution is -2.47. The summed E-state index contributed by atoms with van der Waals surface area (Å²) in [6, 6.07) is 6.95. The standard InChI is InChI=1S/C17H21N5O3/c1-18-14(23)10-22-8-6-11(7-9-22)19-17(25)15-12-4-2-3-5-13(12)16(24)21-20-15/h2-5,11H,6-10H2,1H3,(H,18,23)(H,19,25)(H,21,24). The van der Waals surface area contributed by atoms with Gasteiger partial charge in [0.15, 0.2) is 5.69 Å². The number of benzene rings is 1. The van der Waals surface area contributed by atoms with Crippen LogP contribution in [0.2, 0.25) is 0 Å². The van der Waals surface area contributed by atoms with E-state index in [9.17, 15) is 14.4 Å². The van der Waals surface area contributed by atoms with Gasteiger partial charge >= 0.3 is 0 Å². The molecule has 3 N–H and O–H groups in total. The van der Waals surface area contributed by atoms with Crippen molar-refractivity contribution in [1.82, 2.24) is 25.7 Å². The van der Waals surface area contributed by atoms with E-state index >= 15 is 0 Å². The average Bonchev–Trinajstić information content (AvgIpc) is 2.63. The summed E-state index contributed by atoms with van der Waals surface area (Å²) in [4.78, 5) is 37.9. The van der Waals surface area contributed by atoms with Crippen molar-refractivity contribution in [3.8, 4) is 0 Å². The number of likely N-dealkylation sites (tertiary alicyclic amines) is 1. The van der Waals surface area contributed by atoms with Crippen molar-refractivity contribution >= 4 is 22.6 Å². The van der Waals surface area contributed by atoms with E-state index in [0.717, 1.165) is 25.9 Å². The fourth-order valence-electron chi connectivity index (χ4n) is 3.06. The van der Waals surface area contributed by atoms with Crippen LogP contribution in [0.5, 0.6) is 0 Å². The number of likely N-dealkylation sites (N-methyl/N-ethyl adjacent to an activating group) is 1. The predicted octanol–water partition coefficient (Wildman–Crippen LogP) is -0.137. The van der Waals surface area contributed by atoms with Crippen LogP contribution in [0.1, 0.15) is 23.3 Å². The van der Waals surface area contributed by atoms with E-state index in [2.05, 4.69) is 25.7 Å². The minimum absolute atomic E-state index is 0.00797. The average molecular weight is 343 g/mol. The predicted molar refractivity (Wildman–Crippen MR) is 93.4 cm³/mol. The van der Waals surface area contributed by atoms with Gasteiger partial charge in [-0.3, -0.25) is 19.3 Å². The van der Waals surface area contributed by atoms with E-state index in [1.807, 2.05) is 0 Å². The molecule has 1 saturated heterocycles. The summed E-state index contributed by atoms with van der Waals surface area (Å²) >= 11 is 0. The first kappa shape index (κ1) is 17.1. The summed E-state index contributed by atoms with van der Waals surface area (Å²) in [5.41, 5.74) is -0.0855. The highest BCUT2D eigenvalue weighted by Gasteiger charge is 2.23. The number of fused-ring (bicyclic) bond motifs is 1. The third-order valence-electron chi connectivity index (χ3n) is 4.48. The first-order valence-corrected chi connectivity index (χ1v) is 8.29. The van der Waals surface area contributed by atoms with Gasteiger partial charge in [0, 0.05) is 31.6 Å². The smallest absolute Gasteiger partial charge is 0.272 e. The SMILES string of the molecule is CNC(=O)CN1CCC(NC(=O)c2n[nH]c(=O)c3ccccc23)CC1. The molecule has 2 heterocycles. The Morgan fingerprint density at radius 1 is 1.24 bits per heavy atom. The van der Waals surface area contributed by atoms with Crippen molar-refractivity contribution in [3.63, 3.8) is 0 Å². The second kappa shape index (κ2) is 7.43. The maximum absolute atomic E-state index is 12.6. The van der Waals surface area contributed by atoms with Crippen molar-refractivity contribution in [1.29, 1.82) is 0 Å². The van der Waals surface area contributed by atoms with Gasteiger partial charge in [0.25, 0.3) is 11.5 Å². The van der Waals surface area contributed by atoms with Gasteiger partial charge in [-0.2, -0.15) is 5.10 Å². The van der Waals surface area contributed by atoms with Crippen LogP contribution in [0.15, 0.2) is 29.1 Å². The van der Waals surface area contributed by atoms with Crippen molar-refractivity contribution in [2.75, 3.05) is 26.7 Å². The van der Waals surface area contributed by atoms with Crippen LogP contribution in [-0.4, -0.2) is 59.6 Å². The summed E-state index contributed by atoms with van der Waals surface area (Å²) in [6.45, 7) is 1.87. The van der Waals surface area contributed by atoms with Crippen molar-refractivity contribution in [2.45, 2.75) is 18.9 Å². The van der Waals surface area contributed by atoms with Crippen LogP contribution in [0.4, 0.5) is 0 Å². The van der Waals surface area contributed by atoms with Crippen LogP contribution < -0.4 is 16.2 Å². The molecule has 0 atom stereocenters. The zero-order valence-electron chi connectivity index (χ0n) is 14.0. The number of carbonyl (C=O) groups is 2. The van der Waals surface area contributed by atoms with E-state index < -0.39 is 0 Å². The Morgan fingerprint density at radius 3 is 2.60 bits per heavy atom. The second-order valence-corrected chi connectivity index (χ2v) is 6.14. The fourth-order valence-corrected chi connectivity index (χ4v) is 3.06. The Labute approximate surface area is 144 Å². The molecule has 1 aliphatic heterocycles. The van der Waals surface area contributed by atoms with Gasteiger partial charge in [-0.25, -0.2) is 5.10 Å². The summed E-state index contributed by atoms with van der Waals surface area (Å²) in [7, 11) is 1.62. The molecule has 1 aliphatic rings. The largest absolute Gasteiger partial charge is 0.358 e. The molecule has 2 aromatic rings. The van der Waals surface area contributed by atoms with Gasteiger partial charge in [-0.15, -0.1) is 0 Å². The Bertz CT molecular complexity index is 840. The van der Waals surface area contributed by atoms with Gasteiger partial charge < -0.3 is 10.6 Å². The number of amides is 2. The molecular formula is C17H21N5O3. The Hall–Kier alpha value is -2.74. The zero-order valence-corrected chi connectivity index (χ0v) is 14.0. The molecule has 0 unspecified atom stereocenters. The molecule has 0 aliphatic carbocycles. The second-order valence-electron chi connectivity index (χ2n) is 6.14. The van der Waals surface area contributed by atoms with Gasteiger partial charge in [0.2, 0.25) is 5.91 Å². The number of nitrogens with one attached hydrogen (secondary N) is 3. The molecule has 1 aromatic heterocycles. The molecule has 3 rings (SSSR count). The normalized spacial score (nSPS) is 15.9. The van der Waals surface area contributed by atoms with Crippen molar-refractivity contribution < 1.29 is 9.59 Å². The number of nitrogens with zero attached hydrogens (tertiary/aromatic N) is 2. The molecule has 8 heteroatoms. The quantitative estimate of drug-likeness (QED) is 0.716. The van der Waals surface area contributed by atoms with E-state index in [1.165, 1.54) is 0 Å². The molecule has 0 bridgehead atoms. The molecule has 0 spiro atoms. The summed E-state index contributed by atoms with van der Waals surface area (Å²) in [5.74, 6) is -0.302. The molecule has 132 valence electrons. The number of aromatic nitrogens is 2. The van der Waals surface area contributed by atoms with E-state index in [0.29, 0.717) is 17.3 Å². The first-order chi connectivity index (χ1) is 12.1. The number of H-pyrrole nitrogens is 1. The van der Waals surface area contributed by atoms with E-state index in [1.54, 1.807) is 31.3 Å². The minimum atomic E-state index is -0.311. The molecule has 1 fully saturated rings. The fraction of sp³-hybridized carbons (Fsp3) is 0.412. The molecular weight excluding hydrogens is 322 g/mol. The lowest BCUT2D eigenvalue weighted by Gasteiger charge is -2.31. The minimum Gasteiger partial charge on any atom is -0.358 e. The van der Waals surface area contributed by atoms with Gasteiger partial charge in [0.05, 0.1) is 11.9 Å². The lowest BCUT2D eigenvalue weighted by atomic mass is 10.0. The number of rotatable bonds is 4. The third kappa shape index (κ3) is 3.85. The summed E-state index contributed by atoms with van der Waals surface area (Å²) < 4.78 is 0. The highest BCUT2D eigenvalue weighted by atomic mass is 16.2. The van der Waals surface area contributed by atoms with Crippen LogP contribution in [0, 0.1) is 0 Å².